The van der Waals surface area contributed by atoms with E-state index in [-0.39, 0.29) is 0 Å². The predicted molar refractivity (Wildman–Crippen MR) is 38.3 cm³/mol. The molecule has 3 heteroatoms. The van der Waals surface area contributed by atoms with Gasteiger partial charge in [-0.2, -0.15) is 0 Å². The number of methoxy groups -OCH3 is 1. The Labute approximate surface area is 62.3 Å². The Kier molecular flexibility index (Phi) is 4.60. The van der Waals surface area contributed by atoms with Gasteiger partial charge < -0.3 is 14.2 Å². The van der Waals surface area contributed by atoms with Crippen molar-refractivity contribution in [1.29, 1.82) is 0 Å². The quantitative estimate of drug-likeness (QED) is 0.547. The van der Waals surface area contributed by atoms with Crippen molar-refractivity contribution in [2.45, 2.75) is 19.8 Å². The standard InChI is InChI=1S/C7H15O3/c1-5-9-7(3,8-4)10-6-2/h3,5-6H2,1-2,4H3. The van der Waals surface area contributed by atoms with Gasteiger partial charge in [0.1, 0.15) is 0 Å². The summed E-state index contributed by atoms with van der Waals surface area (Å²) in [6.07, 6.45) is 0. The van der Waals surface area contributed by atoms with Gasteiger partial charge in [0.05, 0.1) is 0 Å². The molecule has 0 spiro atoms. The molecule has 61 valence electrons. The van der Waals surface area contributed by atoms with Gasteiger partial charge >= 0.3 is 0 Å². The average Bonchev–Trinajstić information content (AvgIpc) is 1.89. The maximum Gasteiger partial charge on any atom is 0.282 e. The third-order valence-corrected chi connectivity index (χ3v) is 1.04. The molecule has 10 heavy (non-hydrogen) atoms. The molecule has 0 atom stereocenters. The summed E-state index contributed by atoms with van der Waals surface area (Å²) in [7, 11) is 1.50. The van der Waals surface area contributed by atoms with Crippen LogP contribution in [0.3, 0.4) is 0 Å². The smallest absolute Gasteiger partial charge is 0.282 e. The van der Waals surface area contributed by atoms with Crippen molar-refractivity contribution in [2.24, 2.45) is 0 Å². The first-order valence-corrected chi connectivity index (χ1v) is 3.37. The second-order valence-corrected chi connectivity index (χ2v) is 1.75. The summed E-state index contributed by atoms with van der Waals surface area (Å²) in [6, 6.07) is 0. The van der Waals surface area contributed by atoms with Gasteiger partial charge in [-0.1, -0.05) is 0 Å². The lowest BCUT2D eigenvalue weighted by Crippen LogP contribution is -2.34. The van der Waals surface area contributed by atoms with Crippen molar-refractivity contribution in [3.8, 4) is 0 Å². The van der Waals surface area contributed by atoms with Gasteiger partial charge in [-0.25, -0.2) is 0 Å². The van der Waals surface area contributed by atoms with Gasteiger partial charge in [0.2, 0.25) is 0 Å². The highest BCUT2D eigenvalue weighted by molar-refractivity contribution is 4.57. The van der Waals surface area contributed by atoms with E-state index in [1.165, 1.54) is 7.11 Å². The first-order valence-electron chi connectivity index (χ1n) is 3.37. The van der Waals surface area contributed by atoms with E-state index in [2.05, 4.69) is 6.92 Å². The molecule has 1 radical (unpaired) electrons. The number of rotatable bonds is 5. The molecule has 0 aliphatic heterocycles. The van der Waals surface area contributed by atoms with Crippen LogP contribution in [0.5, 0.6) is 0 Å². The summed E-state index contributed by atoms with van der Waals surface area (Å²) >= 11 is 0. The van der Waals surface area contributed by atoms with Gasteiger partial charge in [0.25, 0.3) is 5.97 Å². The molecule has 0 saturated carbocycles. The van der Waals surface area contributed by atoms with Crippen LogP contribution in [-0.2, 0) is 14.2 Å². The molecule has 0 N–H and O–H groups in total. The van der Waals surface area contributed by atoms with E-state index in [0.717, 1.165) is 0 Å². The van der Waals surface area contributed by atoms with Gasteiger partial charge in [0.15, 0.2) is 0 Å². The summed E-state index contributed by atoms with van der Waals surface area (Å²) in [4.78, 5) is 0. The first-order chi connectivity index (χ1) is 4.68. The largest absolute Gasteiger partial charge is 0.331 e. The van der Waals surface area contributed by atoms with Gasteiger partial charge in [-0.05, 0) is 13.8 Å². The fourth-order valence-electron chi connectivity index (χ4n) is 0.599. The molecule has 0 aromatic heterocycles. The highest BCUT2D eigenvalue weighted by Gasteiger charge is 2.23. The fraction of sp³-hybridized carbons (Fsp3) is 0.857. The Balaban J connectivity index is 3.69. The van der Waals surface area contributed by atoms with Crippen molar-refractivity contribution in [3.63, 3.8) is 0 Å². The number of ether oxygens (including phenoxy) is 3. The normalized spacial score (nSPS) is 12.0. The summed E-state index contributed by atoms with van der Waals surface area (Å²) in [5.74, 6) is -1.11. The minimum atomic E-state index is -1.11. The molecular weight excluding hydrogens is 132 g/mol. The van der Waals surface area contributed by atoms with Crippen LogP contribution in [0.15, 0.2) is 0 Å². The highest BCUT2D eigenvalue weighted by atomic mass is 16.9. The average molecular weight is 147 g/mol. The maximum atomic E-state index is 5.06. The lowest BCUT2D eigenvalue weighted by atomic mass is 10.6. The van der Waals surface area contributed by atoms with E-state index in [1.807, 2.05) is 13.8 Å². The second kappa shape index (κ2) is 4.66. The zero-order chi connectivity index (χ0) is 8.04. The Hall–Kier alpha value is -0.120. The lowest BCUT2D eigenvalue weighted by Gasteiger charge is -2.26. The van der Waals surface area contributed by atoms with Crippen LogP contribution in [0.2, 0.25) is 0 Å². The van der Waals surface area contributed by atoms with E-state index in [4.69, 9.17) is 14.2 Å². The van der Waals surface area contributed by atoms with Crippen LogP contribution < -0.4 is 0 Å². The van der Waals surface area contributed by atoms with Crippen molar-refractivity contribution >= 4 is 0 Å². The third kappa shape index (κ3) is 3.15. The molecule has 0 aromatic carbocycles. The minimum Gasteiger partial charge on any atom is -0.331 e. The summed E-state index contributed by atoms with van der Waals surface area (Å²) in [6.45, 7) is 8.37. The molecule has 3 nitrogen and oxygen atoms in total. The Morgan fingerprint density at radius 1 is 1.20 bits per heavy atom. The van der Waals surface area contributed by atoms with Crippen LogP contribution in [-0.4, -0.2) is 26.3 Å². The van der Waals surface area contributed by atoms with Crippen LogP contribution in [0.1, 0.15) is 13.8 Å². The summed E-state index contributed by atoms with van der Waals surface area (Å²) < 4.78 is 15.0. The van der Waals surface area contributed by atoms with E-state index in [9.17, 15) is 0 Å². The predicted octanol–water partition coefficient (Wildman–Crippen LogP) is 1.19. The van der Waals surface area contributed by atoms with Gasteiger partial charge in [-0.15, -0.1) is 0 Å². The minimum absolute atomic E-state index is 0.525. The summed E-state index contributed by atoms with van der Waals surface area (Å²) in [5.41, 5.74) is 0. The second-order valence-electron chi connectivity index (χ2n) is 1.75. The van der Waals surface area contributed by atoms with E-state index >= 15 is 0 Å². The number of hydrogen-bond acceptors (Lipinski definition) is 3. The summed E-state index contributed by atoms with van der Waals surface area (Å²) in [5, 5.41) is 0. The van der Waals surface area contributed by atoms with Gasteiger partial charge in [0, 0.05) is 27.2 Å². The lowest BCUT2D eigenvalue weighted by molar-refractivity contribution is -0.339. The Bertz CT molecular complexity index is 76.9. The molecule has 0 fully saturated rings. The number of hydrogen-bond donors (Lipinski definition) is 0. The fourth-order valence-corrected chi connectivity index (χ4v) is 0.599. The Morgan fingerprint density at radius 3 is 1.80 bits per heavy atom. The van der Waals surface area contributed by atoms with E-state index in [1.54, 1.807) is 0 Å². The molecule has 0 amide bonds. The molecule has 0 saturated heterocycles. The molecule has 0 rings (SSSR count). The monoisotopic (exact) mass is 147 g/mol. The molecule has 0 heterocycles. The highest BCUT2D eigenvalue weighted by Crippen LogP contribution is 2.11. The van der Waals surface area contributed by atoms with Crippen LogP contribution in [0.4, 0.5) is 0 Å². The van der Waals surface area contributed by atoms with Crippen molar-refractivity contribution in [2.75, 3.05) is 20.3 Å². The maximum absolute atomic E-state index is 5.06. The molecule has 0 aliphatic rings. The van der Waals surface area contributed by atoms with Crippen LogP contribution in [0.25, 0.3) is 0 Å². The topological polar surface area (TPSA) is 27.7 Å². The van der Waals surface area contributed by atoms with Crippen molar-refractivity contribution < 1.29 is 14.2 Å². The van der Waals surface area contributed by atoms with Gasteiger partial charge in [-0.3, -0.25) is 0 Å². The van der Waals surface area contributed by atoms with Crippen LogP contribution in [0, 0.1) is 6.92 Å². The third-order valence-electron chi connectivity index (χ3n) is 1.04. The molecule has 0 aromatic rings. The molecule has 0 aliphatic carbocycles. The zero-order valence-corrected chi connectivity index (χ0v) is 6.85. The van der Waals surface area contributed by atoms with Crippen LogP contribution >= 0.6 is 0 Å². The van der Waals surface area contributed by atoms with E-state index < -0.39 is 5.97 Å². The van der Waals surface area contributed by atoms with Crippen molar-refractivity contribution in [1.82, 2.24) is 0 Å². The molecular formula is C7H15O3. The first kappa shape index (κ1) is 9.88. The SMILES string of the molecule is [CH2]C(OC)(OCC)OCC. The Morgan fingerprint density at radius 2 is 1.60 bits per heavy atom. The molecule has 0 bridgehead atoms. The van der Waals surface area contributed by atoms with Crippen molar-refractivity contribution in [3.05, 3.63) is 6.92 Å². The molecule has 0 unspecified atom stereocenters. The van der Waals surface area contributed by atoms with E-state index in [0.29, 0.717) is 13.2 Å². The zero-order valence-electron chi connectivity index (χ0n) is 6.85.